The Labute approximate surface area is 115 Å². The molecule has 1 N–H and O–H groups in total. The van der Waals surface area contributed by atoms with Crippen molar-refractivity contribution in [2.45, 2.75) is 63.2 Å². The third kappa shape index (κ3) is 3.37. The molecule has 19 heavy (non-hydrogen) atoms. The lowest BCUT2D eigenvalue weighted by molar-refractivity contribution is -0.0623. The molecule has 106 valence electrons. The number of nitrogens with one attached hydrogen (secondary N) is 1. The lowest BCUT2D eigenvalue weighted by Crippen LogP contribution is -2.35. The Bertz CT molecular complexity index is 371. The maximum absolute atomic E-state index is 6.34. The molecule has 2 fully saturated rings. The Kier molecular flexibility index (Phi) is 4.18. The van der Waals surface area contributed by atoms with Crippen molar-refractivity contribution in [3.63, 3.8) is 0 Å². The molecule has 0 radical (unpaired) electrons. The maximum Gasteiger partial charge on any atom is 0.0708 e. The Morgan fingerprint density at radius 2 is 2.16 bits per heavy atom. The summed E-state index contributed by atoms with van der Waals surface area (Å²) in [7, 11) is 0. The molecule has 3 rings (SSSR count). The van der Waals surface area contributed by atoms with Crippen molar-refractivity contribution in [1.82, 2.24) is 15.1 Å². The molecule has 4 heteroatoms. The second kappa shape index (κ2) is 6.06. The van der Waals surface area contributed by atoms with Gasteiger partial charge < -0.3 is 10.1 Å². The van der Waals surface area contributed by atoms with Gasteiger partial charge in [0.05, 0.1) is 18.2 Å². The van der Waals surface area contributed by atoms with Gasteiger partial charge in [-0.2, -0.15) is 5.10 Å². The van der Waals surface area contributed by atoms with Gasteiger partial charge in [0, 0.05) is 25.5 Å². The lowest BCUT2D eigenvalue weighted by atomic mass is 9.83. The summed E-state index contributed by atoms with van der Waals surface area (Å²) >= 11 is 0. The van der Waals surface area contributed by atoms with E-state index in [1.165, 1.54) is 44.9 Å². The predicted octanol–water partition coefficient (Wildman–Crippen LogP) is 2.35. The Hall–Kier alpha value is -0.870. The van der Waals surface area contributed by atoms with Crippen molar-refractivity contribution in [2.24, 2.45) is 0 Å². The average molecular weight is 263 g/mol. The van der Waals surface area contributed by atoms with Crippen LogP contribution in [-0.2, 0) is 11.3 Å². The fraction of sp³-hybridized carbons (Fsp3) is 0.800. The summed E-state index contributed by atoms with van der Waals surface area (Å²) in [5.41, 5.74) is 0.257. The van der Waals surface area contributed by atoms with Crippen molar-refractivity contribution >= 4 is 0 Å². The van der Waals surface area contributed by atoms with Crippen molar-refractivity contribution in [1.29, 1.82) is 0 Å². The molecule has 2 aliphatic rings. The molecule has 0 amide bonds. The Morgan fingerprint density at radius 1 is 1.26 bits per heavy atom. The minimum Gasteiger partial charge on any atom is -0.370 e. The summed E-state index contributed by atoms with van der Waals surface area (Å²) in [6, 6.07) is 1.97. The van der Waals surface area contributed by atoms with Crippen LogP contribution in [0, 0.1) is 0 Å². The summed E-state index contributed by atoms with van der Waals surface area (Å²) in [5, 5.41) is 7.70. The standard InChI is InChI=1S/C15H25N3O/c1-2-6-15(7-3-1)8-5-14(19-15)13-16-10-12-18-11-4-9-17-18/h4,9,11,14,16H,1-3,5-8,10,12-13H2. The Morgan fingerprint density at radius 3 is 2.95 bits per heavy atom. The number of rotatable bonds is 5. The quantitative estimate of drug-likeness (QED) is 0.829. The maximum atomic E-state index is 6.34. The van der Waals surface area contributed by atoms with Crippen LogP contribution in [-0.4, -0.2) is 34.6 Å². The molecule has 1 unspecified atom stereocenters. The van der Waals surface area contributed by atoms with Crippen LogP contribution in [0.15, 0.2) is 18.5 Å². The molecule has 2 heterocycles. The van der Waals surface area contributed by atoms with Crippen LogP contribution in [0.1, 0.15) is 44.9 Å². The molecule has 1 saturated carbocycles. The minimum absolute atomic E-state index is 0.257. The zero-order chi connectivity index (χ0) is 13.0. The van der Waals surface area contributed by atoms with Crippen LogP contribution in [0.25, 0.3) is 0 Å². The largest absolute Gasteiger partial charge is 0.370 e. The van der Waals surface area contributed by atoms with Crippen LogP contribution >= 0.6 is 0 Å². The average Bonchev–Trinajstić information content (AvgIpc) is 3.07. The van der Waals surface area contributed by atoms with Gasteiger partial charge in [0.1, 0.15) is 0 Å². The summed E-state index contributed by atoms with van der Waals surface area (Å²) in [4.78, 5) is 0. The third-order valence-electron chi connectivity index (χ3n) is 4.55. The van der Waals surface area contributed by atoms with Gasteiger partial charge in [-0.25, -0.2) is 0 Å². The molecule has 1 aliphatic carbocycles. The molecule has 1 spiro atoms. The van der Waals surface area contributed by atoms with Gasteiger partial charge in [0.15, 0.2) is 0 Å². The molecule has 1 aromatic heterocycles. The molecule has 4 nitrogen and oxygen atoms in total. The first-order valence-corrected chi connectivity index (χ1v) is 7.72. The summed E-state index contributed by atoms with van der Waals surface area (Å²) in [6.45, 7) is 2.89. The van der Waals surface area contributed by atoms with Crippen molar-refractivity contribution in [3.8, 4) is 0 Å². The van der Waals surface area contributed by atoms with Crippen LogP contribution in [0.5, 0.6) is 0 Å². The van der Waals surface area contributed by atoms with E-state index in [0.29, 0.717) is 6.10 Å². The number of hydrogen-bond acceptors (Lipinski definition) is 3. The number of ether oxygens (including phenoxy) is 1. The van der Waals surface area contributed by atoms with Crippen LogP contribution < -0.4 is 5.32 Å². The molecule has 1 aromatic rings. The van der Waals surface area contributed by atoms with Crippen molar-refractivity contribution in [3.05, 3.63) is 18.5 Å². The summed E-state index contributed by atoms with van der Waals surface area (Å²) in [6.07, 6.45) is 13.5. The molecular weight excluding hydrogens is 238 g/mol. The fourth-order valence-corrected chi connectivity index (χ4v) is 3.49. The summed E-state index contributed by atoms with van der Waals surface area (Å²) < 4.78 is 8.31. The topological polar surface area (TPSA) is 39.1 Å². The van der Waals surface area contributed by atoms with Gasteiger partial charge in [-0.05, 0) is 31.7 Å². The second-order valence-corrected chi connectivity index (χ2v) is 6.00. The van der Waals surface area contributed by atoms with Gasteiger partial charge in [0.2, 0.25) is 0 Å². The fourth-order valence-electron chi connectivity index (χ4n) is 3.49. The zero-order valence-corrected chi connectivity index (χ0v) is 11.7. The van der Waals surface area contributed by atoms with E-state index in [2.05, 4.69) is 10.4 Å². The summed E-state index contributed by atoms with van der Waals surface area (Å²) in [5.74, 6) is 0. The van der Waals surface area contributed by atoms with E-state index in [1.54, 1.807) is 0 Å². The van der Waals surface area contributed by atoms with Gasteiger partial charge in [0.25, 0.3) is 0 Å². The highest BCUT2D eigenvalue weighted by molar-refractivity contribution is 4.91. The highest BCUT2D eigenvalue weighted by Crippen LogP contribution is 2.41. The lowest BCUT2D eigenvalue weighted by Gasteiger charge is -2.33. The van der Waals surface area contributed by atoms with E-state index in [1.807, 2.05) is 23.1 Å². The molecule has 1 atom stereocenters. The van der Waals surface area contributed by atoms with E-state index in [-0.39, 0.29) is 5.60 Å². The van der Waals surface area contributed by atoms with E-state index in [9.17, 15) is 0 Å². The zero-order valence-electron chi connectivity index (χ0n) is 11.7. The third-order valence-corrected chi connectivity index (χ3v) is 4.55. The van der Waals surface area contributed by atoms with Crippen molar-refractivity contribution < 1.29 is 4.74 Å². The highest BCUT2D eigenvalue weighted by atomic mass is 16.5. The van der Waals surface area contributed by atoms with Crippen molar-refractivity contribution in [2.75, 3.05) is 13.1 Å². The van der Waals surface area contributed by atoms with Gasteiger partial charge in [-0.1, -0.05) is 19.3 Å². The Balaban J connectivity index is 1.35. The number of nitrogens with zero attached hydrogens (tertiary/aromatic N) is 2. The minimum atomic E-state index is 0.257. The first-order valence-electron chi connectivity index (χ1n) is 7.72. The second-order valence-electron chi connectivity index (χ2n) is 6.00. The van der Waals surface area contributed by atoms with E-state index >= 15 is 0 Å². The van der Waals surface area contributed by atoms with Gasteiger partial charge >= 0.3 is 0 Å². The smallest absolute Gasteiger partial charge is 0.0708 e. The molecule has 1 aliphatic heterocycles. The first kappa shape index (κ1) is 13.1. The molecule has 0 bridgehead atoms. The number of hydrogen-bond donors (Lipinski definition) is 1. The van der Waals surface area contributed by atoms with E-state index in [0.717, 1.165) is 19.6 Å². The van der Waals surface area contributed by atoms with Crippen LogP contribution in [0.3, 0.4) is 0 Å². The number of aromatic nitrogens is 2. The first-order chi connectivity index (χ1) is 9.36. The van der Waals surface area contributed by atoms with Crippen LogP contribution in [0.4, 0.5) is 0 Å². The highest BCUT2D eigenvalue weighted by Gasteiger charge is 2.40. The van der Waals surface area contributed by atoms with E-state index < -0.39 is 0 Å². The monoisotopic (exact) mass is 263 g/mol. The predicted molar refractivity (Wildman–Crippen MR) is 75.0 cm³/mol. The molecular formula is C15H25N3O. The SMILES string of the molecule is c1cnn(CCNCC2CCC3(CCCCC3)O2)c1. The van der Waals surface area contributed by atoms with E-state index in [4.69, 9.17) is 4.74 Å². The van der Waals surface area contributed by atoms with Gasteiger partial charge in [-0.15, -0.1) is 0 Å². The van der Waals surface area contributed by atoms with Gasteiger partial charge in [-0.3, -0.25) is 4.68 Å². The van der Waals surface area contributed by atoms with Crippen LogP contribution in [0.2, 0.25) is 0 Å². The molecule has 0 aromatic carbocycles. The normalized spacial score (nSPS) is 26.0. The molecule has 1 saturated heterocycles.